The topological polar surface area (TPSA) is 165 Å². The summed E-state index contributed by atoms with van der Waals surface area (Å²) in [5, 5.41) is 7.35. The van der Waals surface area contributed by atoms with Crippen molar-refractivity contribution < 1.29 is 13.2 Å². The second kappa shape index (κ2) is 11.3. The van der Waals surface area contributed by atoms with Gasteiger partial charge in [0.1, 0.15) is 18.6 Å². The third-order valence-corrected chi connectivity index (χ3v) is 6.34. The average Bonchev–Trinajstić information content (AvgIpc) is 2.83. The zero-order chi connectivity index (χ0) is 25.4. The smallest absolute Gasteiger partial charge is 0.275 e. The van der Waals surface area contributed by atoms with E-state index in [1.54, 1.807) is 67.6 Å². The van der Waals surface area contributed by atoms with Crippen LogP contribution in [0.15, 0.2) is 76.6 Å². The third-order valence-electron chi connectivity index (χ3n) is 5.10. The number of aryl methyl sites for hydroxylation is 1. The fraction of sp³-hybridized carbons (Fsp3) is 0.174. The zero-order valence-electron chi connectivity index (χ0n) is 19.1. The first-order valence-corrected chi connectivity index (χ1v) is 12.2. The van der Waals surface area contributed by atoms with Crippen molar-refractivity contribution in [1.29, 1.82) is 0 Å². The summed E-state index contributed by atoms with van der Waals surface area (Å²) in [6, 6.07) is 18.7. The number of amides is 1. The highest BCUT2D eigenvalue weighted by atomic mass is 32.2. The Morgan fingerprint density at radius 3 is 2.49 bits per heavy atom. The zero-order valence-corrected chi connectivity index (χ0v) is 19.9. The summed E-state index contributed by atoms with van der Waals surface area (Å²) in [6.45, 7) is 1.50. The lowest BCUT2D eigenvalue weighted by atomic mass is 10.1. The van der Waals surface area contributed by atoms with Gasteiger partial charge in [0.15, 0.2) is 0 Å². The molecule has 0 spiro atoms. The summed E-state index contributed by atoms with van der Waals surface area (Å²) in [5.74, 6) is 10.3. The summed E-state index contributed by atoms with van der Waals surface area (Å²) in [5.41, 5.74) is 1.62. The number of hydrogen-bond acceptors (Lipinski definition) is 7. The predicted molar refractivity (Wildman–Crippen MR) is 136 cm³/mol. The molecule has 0 aliphatic heterocycles. The van der Waals surface area contributed by atoms with Gasteiger partial charge >= 0.3 is 0 Å². The maximum absolute atomic E-state index is 13.0. The predicted octanol–water partition coefficient (Wildman–Crippen LogP) is 0.997. The molecule has 3 aromatic rings. The van der Waals surface area contributed by atoms with Gasteiger partial charge in [-0.05, 0) is 36.2 Å². The first-order chi connectivity index (χ1) is 16.7. The Bertz CT molecular complexity index is 1370. The van der Waals surface area contributed by atoms with Gasteiger partial charge in [-0.1, -0.05) is 48.5 Å². The van der Waals surface area contributed by atoms with Crippen LogP contribution in [-0.2, 0) is 33.7 Å². The normalized spacial score (nSPS) is 11.4. The highest BCUT2D eigenvalue weighted by Crippen LogP contribution is 2.17. The fourth-order valence-corrected chi connectivity index (χ4v) is 4.58. The Morgan fingerprint density at radius 2 is 1.77 bits per heavy atom. The van der Waals surface area contributed by atoms with E-state index in [9.17, 15) is 18.0 Å². The van der Waals surface area contributed by atoms with E-state index in [4.69, 9.17) is 11.7 Å². The lowest BCUT2D eigenvalue weighted by molar-refractivity contribution is -0.121. The van der Waals surface area contributed by atoms with Crippen LogP contribution in [0.5, 0.6) is 0 Å². The van der Waals surface area contributed by atoms with Crippen molar-refractivity contribution in [3.8, 4) is 0 Å². The number of hydrogen-bond donors (Lipinski definition) is 4. The number of benzene rings is 2. The molecule has 0 bridgehead atoms. The van der Waals surface area contributed by atoms with Gasteiger partial charge in [0, 0.05) is 12.2 Å². The number of sulfonamides is 1. The van der Waals surface area contributed by atoms with Gasteiger partial charge in [-0.2, -0.15) is 5.10 Å². The molecule has 3 rings (SSSR count). The standard InChI is InChI=1S/C23H27N7O4S/c1-17-11-12-20(28-35(33,34)15-18-7-3-2-4-8-18)23(32)29(17)14-22(31)26-13-19-9-5-6-10-21(19)30(25)16-27-24/h2-12,16,28H,13-15,24-25H2,1H3,(H,26,31)/b27-16-. The maximum Gasteiger partial charge on any atom is 0.275 e. The lowest BCUT2D eigenvalue weighted by Gasteiger charge is -2.17. The minimum absolute atomic E-state index is 0.135. The lowest BCUT2D eigenvalue weighted by Crippen LogP contribution is -2.35. The van der Waals surface area contributed by atoms with Gasteiger partial charge in [0.2, 0.25) is 15.9 Å². The summed E-state index contributed by atoms with van der Waals surface area (Å²) >= 11 is 0. The van der Waals surface area contributed by atoms with Crippen LogP contribution >= 0.6 is 0 Å². The van der Waals surface area contributed by atoms with E-state index in [1.165, 1.54) is 22.0 Å². The van der Waals surface area contributed by atoms with E-state index in [2.05, 4.69) is 15.1 Å². The van der Waals surface area contributed by atoms with Crippen LogP contribution in [0.1, 0.15) is 16.8 Å². The van der Waals surface area contributed by atoms with Crippen LogP contribution in [0.2, 0.25) is 0 Å². The summed E-state index contributed by atoms with van der Waals surface area (Å²) in [7, 11) is -3.83. The van der Waals surface area contributed by atoms with Gasteiger partial charge in [-0.25, -0.2) is 14.3 Å². The Balaban J connectivity index is 1.72. The number of nitrogens with two attached hydrogens (primary N) is 2. The molecule has 11 nitrogen and oxygen atoms in total. The second-order valence-corrected chi connectivity index (χ2v) is 9.43. The van der Waals surface area contributed by atoms with Crippen molar-refractivity contribution in [2.75, 3.05) is 9.73 Å². The van der Waals surface area contributed by atoms with Crippen molar-refractivity contribution in [2.45, 2.75) is 25.8 Å². The number of anilines is 2. The number of rotatable bonds is 10. The number of carbonyl (C=O) groups excluding carboxylic acids is 1. The van der Waals surface area contributed by atoms with Crippen LogP contribution in [0, 0.1) is 6.92 Å². The second-order valence-electron chi connectivity index (χ2n) is 7.70. The molecule has 0 fully saturated rings. The van der Waals surface area contributed by atoms with Crippen LogP contribution in [0.3, 0.4) is 0 Å². The minimum atomic E-state index is -3.83. The molecule has 12 heteroatoms. The number of carbonyl (C=O) groups is 1. The summed E-state index contributed by atoms with van der Waals surface area (Å²) in [6.07, 6.45) is 1.23. The van der Waals surface area contributed by atoms with Gasteiger partial charge in [-0.3, -0.25) is 19.3 Å². The largest absolute Gasteiger partial charge is 0.350 e. The molecule has 2 aromatic carbocycles. The molecule has 0 unspecified atom stereocenters. The number of para-hydroxylation sites is 1. The molecule has 1 heterocycles. The number of hydrazone groups is 1. The molecule has 0 saturated carbocycles. The molecule has 1 aromatic heterocycles. The molecule has 184 valence electrons. The SMILES string of the molecule is Cc1ccc(NS(=O)(=O)Cc2ccccc2)c(=O)n1CC(=O)NCc1ccccc1N(N)/C=N\N. The van der Waals surface area contributed by atoms with Crippen LogP contribution in [0.25, 0.3) is 0 Å². The molecule has 6 N–H and O–H groups in total. The first kappa shape index (κ1) is 25.5. The van der Waals surface area contributed by atoms with Crippen molar-refractivity contribution in [2.24, 2.45) is 16.8 Å². The molecule has 0 aliphatic carbocycles. The van der Waals surface area contributed by atoms with Gasteiger partial charge < -0.3 is 15.7 Å². The quantitative estimate of drug-likeness (QED) is 0.140. The van der Waals surface area contributed by atoms with Crippen molar-refractivity contribution >= 4 is 33.6 Å². The number of nitrogens with one attached hydrogen (secondary N) is 2. The van der Waals surface area contributed by atoms with Crippen molar-refractivity contribution in [3.63, 3.8) is 0 Å². The van der Waals surface area contributed by atoms with Crippen LogP contribution in [0.4, 0.5) is 11.4 Å². The summed E-state index contributed by atoms with van der Waals surface area (Å²) < 4.78 is 28.7. The molecule has 0 aliphatic rings. The minimum Gasteiger partial charge on any atom is -0.350 e. The molecule has 0 radical (unpaired) electrons. The van der Waals surface area contributed by atoms with Gasteiger partial charge in [0.05, 0.1) is 11.4 Å². The number of hydrazine groups is 1. The van der Waals surface area contributed by atoms with Crippen LogP contribution < -0.4 is 32.3 Å². The molecular weight excluding hydrogens is 470 g/mol. The highest BCUT2D eigenvalue weighted by Gasteiger charge is 2.17. The fourth-order valence-electron chi connectivity index (χ4n) is 3.38. The molecule has 0 saturated heterocycles. The van der Waals surface area contributed by atoms with Gasteiger partial charge in [0.25, 0.3) is 5.56 Å². The molecular formula is C23H27N7O4S. The first-order valence-electron chi connectivity index (χ1n) is 10.6. The van der Waals surface area contributed by atoms with E-state index >= 15 is 0 Å². The number of pyridine rings is 1. The number of nitrogens with zero attached hydrogens (tertiary/aromatic N) is 3. The summed E-state index contributed by atoms with van der Waals surface area (Å²) in [4.78, 5) is 25.6. The maximum atomic E-state index is 13.0. The van der Waals surface area contributed by atoms with E-state index in [0.717, 1.165) is 0 Å². The van der Waals surface area contributed by atoms with E-state index < -0.39 is 21.5 Å². The Kier molecular flexibility index (Phi) is 8.23. The Morgan fingerprint density at radius 1 is 1.09 bits per heavy atom. The third kappa shape index (κ3) is 6.91. The van der Waals surface area contributed by atoms with Crippen molar-refractivity contribution in [1.82, 2.24) is 9.88 Å². The van der Waals surface area contributed by atoms with Crippen molar-refractivity contribution in [3.05, 3.63) is 93.9 Å². The average molecular weight is 498 g/mol. The Hall–Kier alpha value is -4.16. The monoisotopic (exact) mass is 497 g/mol. The Labute approximate surface area is 203 Å². The van der Waals surface area contributed by atoms with E-state index in [0.29, 0.717) is 22.5 Å². The van der Waals surface area contributed by atoms with Crippen LogP contribution in [-0.4, -0.2) is 25.2 Å². The molecule has 35 heavy (non-hydrogen) atoms. The molecule has 1 amide bonds. The van der Waals surface area contributed by atoms with E-state index in [1.807, 2.05) is 0 Å². The van der Waals surface area contributed by atoms with Gasteiger partial charge in [-0.15, -0.1) is 0 Å². The number of aromatic nitrogens is 1. The highest BCUT2D eigenvalue weighted by molar-refractivity contribution is 7.91. The molecule has 0 atom stereocenters. The van der Waals surface area contributed by atoms with E-state index in [-0.39, 0.29) is 24.5 Å².